The Hall–Kier alpha value is -2.56. The van der Waals surface area contributed by atoms with Crippen molar-refractivity contribution in [3.63, 3.8) is 0 Å². The molecule has 0 amide bonds. The number of aromatic nitrogens is 3. The molecule has 1 unspecified atom stereocenters. The number of anilines is 1. The molecule has 0 radical (unpaired) electrons. The summed E-state index contributed by atoms with van der Waals surface area (Å²) in [7, 11) is 0. The second-order valence-electron chi connectivity index (χ2n) is 5.52. The van der Waals surface area contributed by atoms with Crippen LogP contribution in [0.1, 0.15) is 18.2 Å². The van der Waals surface area contributed by atoms with E-state index in [2.05, 4.69) is 28.4 Å². The monoisotopic (exact) mass is 296 g/mol. The molecule has 5 heteroatoms. The van der Waals surface area contributed by atoms with Crippen molar-refractivity contribution < 1.29 is 4.74 Å². The largest absolute Gasteiger partial charge is 0.489 e. The third-order valence-corrected chi connectivity index (χ3v) is 3.40. The minimum Gasteiger partial charge on any atom is -0.489 e. The van der Waals surface area contributed by atoms with E-state index < -0.39 is 0 Å². The van der Waals surface area contributed by atoms with Crippen molar-refractivity contribution in [3.8, 4) is 5.75 Å². The van der Waals surface area contributed by atoms with Gasteiger partial charge in [-0.3, -0.25) is 0 Å². The van der Waals surface area contributed by atoms with Crippen LogP contribution in [-0.2, 0) is 0 Å². The minimum atomic E-state index is 0.0351. The third-order valence-electron chi connectivity index (χ3n) is 3.40. The first-order chi connectivity index (χ1) is 10.6. The summed E-state index contributed by atoms with van der Waals surface area (Å²) in [5.74, 6) is 1.71. The Labute approximate surface area is 130 Å². The van der Waals surface area contributed by atoms with Crippen molar-refractivity contribution in [2.75, 3.05) is 11.9 Å². The minimum absolute atomic E-state index is 0.0351. The lowest BCUT2D eigenvalue weighted by Gasteiger charge is -2.16. The molecule has 5 nitrogen and oxygen atoms in total. The Morgan fingerprint density at radius 3 is 2.95 bits per heavy atom. The highest BCUT2D eigenvalue weighted by Crippen LogP contribution is 2.16. The van der Waals surface area contributed by atoms with Crippen LogP contribution >= 0.6 is 0 Å². The lowest BCUT2D eigenvalue weighted by molar-refractivity contribution is 0.234. The van der Waals surface area contributed by atoms with E-state index in [0.29, 0.717) is 6.54 Å². The molecule has 0 bridgehead atoms. The molecule has 0 saturated carbocycles. The summed E-state index contributed by atoms with van der Waals surface area (Å²) in [6.45, 7) is 6.74. The molecule has 1 aromatic carbocycles. The van der Waals surface area contributed by atoms with Crippen molar-refractivity contribution >= 4 is 11.3 Å². The van der Waals surface area contributed by atoms with Crippen LogP contribution in [0.3, 0.4) is 0 Å². The first kappa shape index (κ1) is 14.4. The molecule has 1 atom stereocenters. The van der Waals surface area contributed by atoms with Gasteiger partial charge in [0.05, 0.1) is 12.2 Å². The van der Waals surface area contributed by atoms with Gasteiger partial charge < -0.3 is 10.1 Å². The third kappa shape index (κ3) is 3.19. The predicted molar refractivity (Wildman–Crippen MR) is 87.5 cm³/mol. The molecular formula is C17H20N4O. The van der Waals surface area contributed by atoms with E-state index in [-0.39, 0.29) is 6.10 Å². The molecule has 1 N–H and O–H groups in total. The number of benzene rings is 1. The van der Waals surface area contributed by atoms with E-state index in [0.717, 1.165) is 22.8 Å². The summed E-state index contributed by atoms with van der Waals surface area (Å²) in [5.41, 5.74) is 3.14. The van der Waals surface area contributed by atoms with E-state index >= 15 is 0 Å². The lowest BCUT2D eigenvalue weighted by Crippen LogP contribution is -2.23. The van der Waals surface area contributed by atoms with E-state index in [1.165, 1.54) is 5.56 Å². The molecule has 0 aliphatic carbocycles. The maximum atomic E-state index is 5.92. The van der Waals surface area contributed by atoms with Crippen LogP contribution in [0.5, 0.6) is 5.75 Å². The van der Waals surface area contributed by atoms with Gasteiger partial charge in [-0.25, -0.2) is 9.50 Å². The first-order valence-electron chi connectivity index (χ1n) is 7.40. The summed E-state index contributed by atoms with van der Waals surface area (Å²) >= 11 is 0. The highest BCUT2D eigenvalue weighted by Gasteiger charge is 2.08. The molecule has 0 aliphatic heterocycles. The molecule has 3 aromatic rings. The molecule has 22 heavy (non-hydrogen) atoms. The summed E-state index contributed by atoms with van der Waals surface area (Å²) in [4.78, 5) is 4.39. The normalized spacial score (nSPS) is 12.3. The van der Waals surface area contributed by atoms with Crippen molar-refractivity contribution in [2.24, 2.45) is 0 Å². The molecule has 0 fully saturated rings. The van der Waals surface area contributed by atoms with Crippen molar-refractivity contribution in [2.45, 2.75) is 26.9 Å². The Morgan fingerprint density at radius 1 is 1.27 bits per heavy atom. The maximum absolute atomic E-state index is 5.92. The standard InChI is InChI=1S/C17H20N4O/c1-12-5-4-6-15(9-12)22-14(3)11-19-17-16-10-13(2)20-21(16)8-7-18-17/h4-10,14H,11H2,1-3H3,(H,18,19). The van der Waals surface area contributed by atoms with Crippen LogP contribution in [0.2, 0.25) is 0 Å². The number of hydrogen-bond acceptors (Lipinski definition) is 4. The van der Waals surface area contributed by atoms with E-state index in [1.54, 1.807) is 6.20 Å². The Bertz CT molecular complexity index is 781. The summed E-state index contributed by atoms with van der Waals surface area (Å²) in [6.07, 6.45) is 3.63. The number of fused-ring (bicyclic) bond motifs is 1. The fourth-order valence-corrected chi connectivity index (χ4v) is 2.38. The molecular weight excluding hydrogens is 276 g/mol. The average molecular weight is 296 g/mol. The van der Waals surface area contributed by atoms with Gasteiger partial charge in [-0.1, -0.05) is 12.1 Å². The molecule has 0 spiro atoms. The topological polar surface area (TPSA) is 51.5 Å². The molecule has 0 aliphatic rings. The van der Waals surface area contributed by atoms with Gasteiger partial charge in [0.2, 0.25) is 0 Å². The van der Waals surface area contributed by atoms with Crippen LogP contribution in [-0.4, -0.2) is 27.2 Å². The zero-order valence-electron chi connectivity index (χ0n) is 13.1. The van der Waals surface area contributed by atoms with Crippen molar-refractivity contribution in [1.29, 1.82) is 0 Å². The van der Waals surface area contributed by atoms with Gasteiger partial charge in [0.25, 0.3) is 0 Å². The summed E-state index contributed by atoms with van der Waals surface area (Å²) in [5, 5.41) is 7.72. The molecule has 3 rings (SSSR count). The van der Waals surface area contributed by atoms with Crippen LogP contribution in [0.25, 0.3) is 5.52 Å². The van der Waals surface area contributed by atoms with Crippen molar-refractivity contribution in [1.82, 2.24) is 14.6 Å². The second-order valence-corrected chi connectivity index (χ2v) is 5.52. The van der Waals surface area contributed by atoms with Gasteiger partial charge in [-0.2, -0.15) is 5.10 Å². The fraction of sp³-hybridized carbons (Fsp3) is 0.294. The van der Waals surface area contributed by atoms with Gasteiger partial charge >= 0.3 is 0 Å². The highest BCUT2D eigenvalue weighted by atomic mass is 16.5. The van der Waals surface area contributed by atoms with E-state index in [1.807, 2.05) is 48.8 Å². The van der Waals surface area contributed by atoms with Crippen molar-refractivity contribution in [3.05, 3.63) is 54.0 Å². The SMILES string of the molecule is Cc1cccc(OC(C)CNc2nccn3nc(C)cc23)c1. The van der Waals surface area contributed by atoms with Gasteiger partial charge in [0, 0.05) is 12.4 Å². The van der Waals surface area contributed by atoms with Crippen LogP contribution in [0.15, 0.2) is 42.7 Å². The maximum Gasteiger partial charge on any atom is 0.152 e. The number of ether oxygens (including phenoxy) is 1. The zero-order valence-corrected chi connectivity index (χ0v) is 13.1. The van der Waals surface area contributed by atoms with Crippen LogP contribution in [0.4, 0.5) is 5.82 Å². The fourth-order valence-electron chi connectivity index (χ4n) is 2.38. The van der Waals surface area contributed by atoms with Gasteiger partial charge in [0.1, 0.15) is 17.4 Å². The second kappa shape index (κ2) is 6.05. The number of nitrogens with zero attached hydrogens (tertiary/aromatic N) is 3. The van der Waals surface area contributed by atoms with Gasteiger partial charge in [-0.05, 0) is 44.5 Å². The molecule has 0 saturated heterocycles. The molecule has 114 valence electrons. The Morgan fingerprint density at radius 2 is 2.14 bits per heavy atom. The van der Waals surface area contributed by atoms with Crippen LogP contribution < -0.4 is 10.1 Å². The zero-order chi connectivity index (χ0) is 15.5. The smallest absolute Gasteiger partial charge is 0.152 e. The Kier molecular flexibility index (Phi) is 3.96. The van der Waals surface area contributed by atoms with Crippen LogP contribution in [0, 0.1) is 13.8 Å². The van der Waals surface area contributed by atoms with Gasteiger partial charge in [0.15, 0.2) is 5.82 Å². The molecule has 2 aromatic heterocycles. The highest BCUT2D eigenvalue weighted by molar-refractivity contribution is 5.67. The molecule has 2 heterocycles. The predicted octanol–water partition coefficient (Wildman–Crippen LogP) is 3.23. The summed E-state index contributed by atoms with van der Waals surface area (Å²) in [6, 6.07) is 10.1. The average Bonchev–Trinajstić information content (AvgIpc) is 2.86. The quantitative estimate of drug-likeness (QED) is 0.785. The van der Waals surface area contributed by atoms with E-state index in [4.69, 9.17) is 4.74 Å². The number of hydrogen-bond donors (Lipinski definition) is 1. The van der Waals surface area contributed by atoms with E-state index in [9.17, 15) is 0 Å². The Balaban J connectivity index is 1.66. The lowest BCUT2D eigenvalue weighted by atomic mass is 10.2. The number of aryl methyl sites for hydroxylation is 2. The number of nitrogens with one attached hydrogen (secondary N) is 1. The first-order valence-corrected chi connectivity index (χ1v) is 7.40. The number of rotatable bonds is 5. The summed E-state index contributed by atoms with van der Waals surface area (Å²) < 4.78 is 7.75. The van der Waals surface area contributed by atoms with Gasteiger partial charge in [-0.15, -0.1) is 0 Å².